The third kappa shape index (κ3) is 8.52. The van der Waals surface area contributed by atoms with Gasteiger partial charge in [0.1, 0.15) is 24.2 Å². The summed E-state index contributed by atoms with van der Waals surface area (Å²) < 4.78 is 19.9. The van der Waals surface area contributed by atoms with Crippen LogP contribution in [0.2, 0.25) is 0 Å². The van der Waals surface area contributed by atoms with Gasteiger partial charge in [-0.15, -0.1) is 5.73 Å². The Morgan fingerprint density at radius 2 is 1.83 bits per heavy atom. The van der Waals surface area contributed by atoms with Crippen molar-refractivity contribution in [3.8, 4) is 11.8 Å². The van der Waals surface area contributed by atoms with E-state index in [0.717, 1.165) is 36.0 Å². The molecule has 0 aliphatic heterocycles. The van der Waals surface area contributed by atoms with Crippen LogP contribution in [0, 0.1) is 24.1 Å². The van der Waals surface area contributed by atoms with Crippen LogP contribution in [0.1, 0.15) is 81.0 Å². The average Bonchev–Trinajstić information content (AvgIpc) is 2.88. The standard InChI is InChI=1S/C32H36FNO2/c1-6-8-9-10-11-12-13-32(35)30(18-25(5)23(3)7-2)29-20-28(17-14-24(29)4)36-22-26-15-16-27(21-34)31(33)19-26/h14-20H,2,5-6,8-13,22H2,1,3-4H3/b30-18+. The number of Topliss-reactive ketones (excluding diaryl/α,β-unsaturated/α-hetero) is 1. The number of hydrogen-bond acceptors (Lipinski definition) is 3. The first kappa shape index (κ1) is 28.6. The second-order valence-electron chi connectivity index (χ2n) is 9.02. The number of hydrogen-bond donors (Lipinski definition) is 0. The molecule has 36 heavy (non-hydrogen) atoms. The van der Waals surface area contributed by atoms with Crippen molar-refractivity contribution in [3.05, 3.63) is 101 Å². The van der Waals surface area contributed by atoms with Gasteiger partial charge < -0.3 is 4.74 Å². The summed E-state index contributed by atoms with van der Waals surface area (Å²) in [5, 5.41) is 8.92. The summed E-state index contributed by atoms with van der Waals surface area (Å²) >= 11 is 0. The summed E-state index contributed by atoms with van der Waals surface area (Å²) in [6, 6.07) is 11.8. The minimum absolute atomic E-state index is 0.000811. The topological polar surface area (TPSA) is 50.1 Å². The molecule has 0 aliphatic rings. The van der Waals surface area contributed by atoms with E-state index in [2.05, 4.69) is 25.8 Å². The van der Waals surface area contributed by atoms with E-state index in [1.54, 1.807) is 6.07 Å². The van der Waals surface area contributed by atoms with Crippen molar-refractivity contribution in [2.45, 2.75) is 72.3 Å². The Labute approximate surface area is 215 Å². The highest BCUT2D eigenvalue weighted by Gasteiger charge is 2.16. The molecule has 3 nitrogen and oxygen atoms in total. The SMILES string of the molecule is C=C=C(C)C(=C)/C=C(/C(=O)CCCCCCCC)c1cc(OCc2ccc(C#N)c(F)c2)ccc1C. The molecule has 0 heterocycles. The molecule has 0 saturated carbocycles. The van der Waals surface area contributed by atoms with Gasteiger partial charge in [-0.25, -0.2) is 4.39 Å². The molecule has 4 heteroatoms. The van der Waals surface area contributed by atoms with Crippen LogP contribution in [0.25, 0.3) is 5.57 Å². The zero-order chi connectivity index (χ0) is 26.5. The van der Waals surface area contributed by atoms with E-state index < -0.39 is 5.82 Å². The number of carbonyl (C=O) groups excluding carboxylic acids is 1. The van der Waals surface area contributed by atoms with Crippen LogP contribution in [0.4, 0.5) is 4.39 Å². The number of unbranched alkanes of at least 4 members (excludes halogenated alkanes) is 5. The van der Waals surface area contributed by atoms with Crippen molar-refractivity contribution in [1.29, 1.82) is 5.26 Å². The van der Waals surface area contributed by atoms with Crippen molar-refractivity contribution in [2.75, 3.05) is 0 Å². The fourth-order valence-corrected chi connectivity index (χ4v) is 3.79. The summed E-state index contributed by atoms with van der Waals surface area (Å²) in [5.74, 6) is 0.0657. The Morgan fingerprint density at radius 3 is 2.50 bits per heavy atom. The van der Waals surface area contributed by atoms with Crippen molar-refractivity contribution in [2.24, 2.45) is 0 Å². The Hall–Kier alpha value is -3.67. The van der Waals surface area contributed by atoms with Crippen LogP contribution in [0.3, 0.4) is 0 Å². The highest BCUT2D eigenvalue weighted by molar-refractivity contribution is 6.21. The maximum absolute atomic E-state index is 13.9. The number of halogens is 1. The lowest BCUT2D eigenvalue weighted by atomic mass is 9.91. The van der Waals surface area contributed by atoms with E-state index in [9.17, 15) is 9.18 Å². The lowest BCUT2D eigenvalue weighted by Crippen LogP contribution is -2.05. The van der Waals surface area contributed by atoms with Gasteiger partial charge in [-0.2, -0.15) is 5.26 Å². The summed E-state index contributed by atoms with van der Waals surface area (Å²) in [6.45, 7) is 13.9. The van der Waals surface area contributed by atoms with E-state index in [-0.39, 0.29) is 18.0 Å². The third-order valence-electron chi connectivity index (χ3n) is 6.18. The van der Waals surface area contributed by atoms with E-state index in [0.29, 0.717) is 28.9 Å². The number of aryl methyl sites for hydroxylation is 1. The van der Waals surface area contributed by atoms with Gasteiger partial charge in [-0.3, -0.25) is 4.79 Å². The average molecular weight is 486 g/mol. The van der Waals surface area contributed by atoms with Crippen LogP contribution in [0.5, 0.6) is 5.75 Å². The smallest absolute Gasteiger partial charge is 0.163 e. The molecule has 2 aromatic carbocycles. The van der Waals surface area contributed by atoms with Crippen molar-refractivity contribution < 1.29 is 13.9 Å². The molecule has 0 spiro atoms. The van der Waals surface area contributed by atoms with Gasteiger partial charge in [0.2, 0.25) is 0 Å². The van der Waals surface area contributed by atoms with E-state index >= 15 is 0 Å². The Balaban J connectivity index is 2.26. The number of benzene rings is 2. The van der Waals surface area contributed by atoms with E-state index in [4.69, 9.17) is 10.00 Å². The summed E-state index contributed by atoms with van der Waals surface area (Å²) in [6.07, 6.45) is 8.94. The zero-order valence-corrected chi connectivity index (χ0v) is 21.8. The van der Waals surface area contributed by atoms with Gasteiger partial charge in [0.25, 0.3) is 0 Å². The molecule has 0 radical (unpaired) electrons. The highest BCUT2D eigenvalue weighted by atomic mass is 19.1. The molecule has 0 N–H and O–H groups in total. The Bertz CT molecular complexity index is 1210. The lowest BCUT2D eigenvalue weighted by molar-refractivity contribution is -0.113. The molecule has 0 fully saturated rings. The van der Waals surface area contributed by atoms with E-state index in [1.165, 1.54) is 31.4 Å². The molecule has 2 rings (SSSR count). The van der Waals surface area contributed by atoms with Gasteiger partial charge in [0.05, 0.1) is 5.56 Å². The number of rotatable bonds is 14. The van der Waals surface area contributed by atoms with Crippen LogP contribution in [-0.4, -0.2) is 5.78 Å². The number of nitriles is 1. The first-order chi connectivity index (χ1) is 17.3. The second-order valence-corrected chi connectivity index (χ2v) is 9.02. The number of carbonyl (C=O) groups is 1. The summed E-state index contributed by atoms with van der Waals surface area (Å²) in [5.41, 5.74) is 7.26. The molecular formula is C32H36FNO2. The van der Waals surface area contributed by atoms with Crippen LogP contribution >= 0.6 is 0 Å². The molecule has 0 bridgehead atoms. The largest absolute Gasteiger partial charge is 0.489 e. The van der Waals surface area contributed by atoms with Crippen molar-refractivity contribution >= 4 is 11.4 Å². The molecule has 0 aliphatic carbocycles. The highest BCUT2D eigenvalue weighted by Crippen LogP contribution is 2.29. The first-order valence-electron chi connectivity index (χ1n) is 12.5. The molecule has 0 unspecified atom stereocenters. The summed E-state index contributed by atoms with van der Waals surface area (Å²) in [4.78, 5) is 13.4. The molecule has 0 saturated heterocycles. The van der Waals surface area contributed by atoms with Crippen molar-refractivity contribution in [1.82, 2.24) is 0 Å². The van der Waals surface area contributed by atoms with Crippen LogP contribution < -0.4 is 4.74 Å². The number of ether oxygens (including phenoxy) is 1. The van der Waals surface area contributed by atoms with Crippen molar-refractivity contribution in [3.63, 3.8) is 0 Å². The molecule has 188 valence electrons. The monoisotopic (exact) mass is 485 g/mol. The lowest BCUT2D eigenvalue weighted by Gasteiger charge is -2.14. The first-order valence-corrected chi connectivity index (χ1v) is 12.5. The van der Waals surface area contributed by atoms with Gasteiger partial charge in [-0.05, 0) is 78.4 Å². The molecular weight excluding hydrogens is 449 g/mol. The fourth-order valence-electron chi connectivity index (χ4n) is 3.79. The minimum atomic E-state index is -0.571. The Kier molecular flexibility index (Phi) is 11.6. The second kappa shape index (κ2) is 14.7. The number of nitrogens with zero attached hydrogens (tertiary/aromatic N) is 1. The van der Waals surface area contributed by atoms with Crippen LogP contribution in [0.15, 0.2) is 72.5 Å². The fraction of sp³-hybridized carbons (Fsp3) is 0.344. The normalized spacial score (nSPS) is 10.9. The number of ketones is 1. The van der Waals surface area contributed by atoms with Gasteiger partial charge in [-0.1, -0.05) is 64.3 Å². The zero-order valence-electron chi connectivity index (χ0n) is 21.8. The van der Waals surface area contributed by atoms with Crippen LogP contribution in [-0.2, 0) is 11.4 Å². The molecule has 0 aromatic heterocycles. The quantitative estimate of drug-likeness (QED) is 0.116. The summed E-state index contributed by atoms with van der Waals surface area (Å²) in [7, 11) is 0. The van der Waals surface area contributed by atoms with E-state index in [1.807, 2.05) is 44.2 Å². The van der Waals surface area contributed by atoms with Gasteiger partial charge in [0, 0.05) is 12.0 Å². The number of allylic oxidation sites excluding steroid dienone is 4. The Morgan fingerprint density at radius 1 is 1.11 bits per heavy atom. The van der Waals surface area contributed by atoms with Gasteiger partial charge >= 0.3 is 0 Å². The molecule has 0 amide bonds. The van der Waals surface area contributed by atoms with Gasteiger partial charge in [0.15, 0.2) is 5.78 Å². The molecule has 0 atom stereocenters. The maximum atomic E-state index is 13.9. The minimum Gasteiger partial charge on any atom is -0.489 e. The molecule has 2 aromatic rings. The third-order valence-corrected chi connectivity index (χ3v) is 6.18. The predicted octanol–water partition coefficient (Wildman–Crippen LogP) is 8.58. The maximum Gasteiger partial charge on any atom is 0.163 e. The predicted molar refractivity (Wildman–Crippen MR) is 145 cm³/mol.